The van der Waals surface area contributed by atoms with E-state index in [-0.39, 0.29) is 11.6 Å². The quantitative estimate of drug-likeness (QED) is 0.727. The first-order chi connectivity index (χ1) is 12.3. The molecule has 2 fully saturated rings. The van der Waals surface area contributed by atoms with E-state index in [1.54, 1.807) is 21.5 Å². The summed E-state index contributed by atoms with van der Waals surface area (Å²) in [5.41, 5.74) is 1.88. The molecule has 25 heavy (non-hydrogen) atoms. The second-order valence-corrected chi connectivity index (χ2v) is 6.96. The molecule has 1 aliphatic carbocycles. The highest BCUT2D eigenvalue weighted by atomic mass is 16.1. The van der Waals surface area contributed by atoms with Crippen LogP contribution < -0.4 is 10.5 Å². The molecular formula is C18H20N6O. The Bertz CT molecular complexity index is 973. The molecule has 1 saturated carbocycles. The highest BCUT2D eigenvalue weighted by Gasteiger charge is 2.29. The molecule has 3 aromatic heterocycles. The first-order valence-electron chi connectivity index (χ1n) is 8.93. The minimum absolute atomic E-state index is 0.0192. The van der Waals surface area contributed by atoms with Crippen LogP contribution in [0.2, 0.25) is 0 Å². The van der Waals surface area contributed by atoms with E-state index >= 15 is 0 Å². The van der Waals surface area contributed by atoms with Gasteiger partial charge >= 0.3 is 0 Å². The fourth-order valence-electron chi connectivity index (χ4n) is 3.68. The number of nitrogens with zero attached hydrogens (tertiary/aromatic N) is 6. The average Bonchev–Trinajstić information content (AvgIpc) is 3.19. The van der Waals surface area contributed by atoms with Crippen LogP contribution in [0, 0.1) is 0 Å². The molecule has 5 rings (SSSR count). The van der Waals surface area contributed by atoms with Gasteiger partial charge in [-0.1, -0.05) is 0 Å². The Morgan fingerprint density at radius 2 is 2.00 bits per heavy atom. The maximum atomic E-state index is 12.2. The van der Waals surface area contributed by atoms with Crippen molar-refractivity contribution >= 4 is 11.5 Å². The summed E-state index contributed by atoms with van der Waals surface area (Å²) in [5.74, 6) is 1.48. The Hall–Kier alpha value is -2.70. The van der Waals surface area contributed by atoms with Gasteiger partial charge in [0.05, 0.1) is 18.3 Å². The third-order valence-corrected chi connectivity index (χ3v) is 5.18. The number of anilines is 1. The minimum Gasteiger partial charge on any atom is -0.350 e. The Labute approximate surface area is 144 Å². The van der Waals surface area contributed by atoms with Crippen LogP contribution in [0.3, 0.4) is 0 Å². The molecular weight excluding hydrogens is 316 g/mol. The zero-order valence-corrected chi connectivity index (χ0v) is 14.0. The standard InChI is InChI=1S/C18H20N6O/c25-18-8-5-15(13-3-4-13)20-24(18)12-14-2-1-10-22(14)17-7-6-16-19-9-11-23(16)21-17/h5-9,11,13-14H,1-4,10,12H2. The number of aromatic nitrogens is 5. The van der Waals surface area contributed by atoms with Crippen LogP contribution in [-0.4, -0.2) is 37.0 Å². The zero-order chi connectivity index (χ0) is 16.8. The van der Waals surface area contributed by atoms with Gasteiger partial charge in [-0.15, -0.1) is 5.10 Å². The lowest BCUT2D eigenvalue weighted by atomic mass is 10.2. The Morgan fingerprint density at radius 3 is 2.88 bits per heavy atom. The monoisotopic (exact) mass is 336 g/mol. The smallest absolute Gasteiger partial charge is 0.266 e. The highest BCUT2D eigenvalue weighted by Crippen LogP contribution is 2.38. The number of imidazole rings is 1. The summed E-state index contributed by atoms with van der Waals surface area (Å²) in [6, 6.07) is 7.79. The first kappa shape index (κ1) is 14.6. The van der Waals surface area contributed by atoms with E-state index in [2.05, 4.69) is 20.1 Å². The van der Waals surface area contributed by atoms with Crippen LogP contribution in [0.4, 0.5) is 5.82 Å². The van der Waals surface area contributed by atoms with Crippen molar-refractivity contribution in [2.45, 2.75) is 44.2 Å². The summed E-state index contributed by atoms with van der Waals surface area (Å²) in [6.45, 7) is 1.57. The van der Waals surface area contributed by atoms with Crippen LogP contribution in [-0.2, 0) is 6.54 Å². The van der Waals surface area contributed by atoms with Gasteiger partial charge in [-0.3, -0.25) is 4.79 Å². The van der Waals surface area contributed by atoms with E-state index in [0.717, 1.165) is 36.5 Å². The van der Waals surface area contributed by atoms with Gasteiger partial charge < -0.3 is 4.90 Å². The maximum absolute atomic E-state index is 12.2. The van der Waals surface area contributed by atoms with Crippen LogP contribution in [0.1, 0.15) is 37.3 Å². The van der Waals surface area contributed by atoms with Crippen LogP contribution in [0.5, 0.6) is 0 Å². The largest absolute Gasteiger partial charge is 0.350 e. The van der Waals surface area contributed by atoms with Gasteiger partial charge in [0.2, 0.25) is 0 Å². The maximum Gasteiger partial charge on any atom is 0.266 e. The van der Waals surface area contributed by atoms with Crippen molar-refractivity contribution in [1.82, 2.24) is 24.4 Å². The Morgan fingerprint density at radius 1 is 1.08 bits per heavy atom. The van der Waals surface area contributed by atoms with Gasteiger partial charge in [0.15, 0.2) is 5.65 Å². The van der Waals surface area contributed by atoms with E-state index in [4.69, 9.17) is 0 Å². The lowest BCUT2D eigenvalue weighted by molar-refractivity contribution is 0.480. The third kappa shape index (κ3) is 2.69. The molecule has 1 saturated heterocycles. The Kier molecular flexibility index (Phi) is 3.33. The van der Waals surface area contributed by atoms with Crippen LogP contribution in [0.25, 0.3) is 5.65 Å². The predicted octanol–water partition coefficient (Wildman–Crippen LogP) is 1.83. The fraction of sp³-hybridized carbons (Fsp3) is 0.444. The molecule has 0 spiro atoms. The number of hydrogen-bond acceptors (Lipinski definition) is 5. The normalized spacial score (nSPS) is 20.5. The topological polar surface area (TPSA) is 68.3 Å². The van der Waals surface area contributed by atoms with Gasteiger partial charge in [0.25, 0.3) is 5.56 Å². The van der Waals surface area contributed by atoms with Crippen molar-refractivity contribution in [1.29, 1.82) is 0 Å². The molecule has 2 aliphatic rings. The summed E-state index contributed by atoms with van der Waals surface area (Å²) in [5, 5.41) is 9.27. The van der Waals surface area contributed by atoms with E-state index in [1.165, 1.54) is 12.8 Å². The molecule has 3 aromatic rings. The first-order valence-corrected chi connectivity index (χ1v) is 8.93. The predicted molar refractivity (Wildman–Crippen MR) is 93.8 cm³/mol. The minimum atomic E-state index is -0.0192. The van der Waals surface area contributed by atoms with Crippen molar-refractivity contribution in [3.05, 3.63) is 52.7 Å². The summed E-state index contributed by atoms with van der Waals surface area (Å²) in [6.07, 6.45) is 8.14. The molecule has 0 N–H and O–H groups in total. The van der Waals surface area contributed by atoms with Gasteiger partial charge in [0.1, 0.15) is 5.82 Å². The molecule has 0 bridgehead atoms. The number of rotatable bonds is 4. The molecule has 1 aliphatic heterocycles. The highest BCUT2D eigenvalue weighted by molar-refractivity contribution is 5.47. The van der Waals surface area contributed by atoms with E-state index < -0.39 is 0 Å². The fourth-order valence-corrected chi connectivity index (χ4v) is 3.68. The molecule has 1 unspecified atom stereocenters. The third-order valence-electron chi connectivity index (χ3n) is 5.18. The molecule has 1 atom stereocenters. The second kappa shape index (κ2) is 5.68. The summed E-state index contributed by atoms with van der Waals surface area (Å²) >= 11 is 0. The second-order valence-electron chi connectivity index (χ2n) is 6.96. The summed E-state index contributed by atoms with van der Waals surface area (Å²) < 4.78 is 3.44. The number of fused-ring (bicyclic) bond motifs is 1. The number of hydrogen-bond donors (Lipinski definition) is 0. The van der Waals surface area contributed by atoms with E-state index in [9.17, 15) is 4.79 Å². The SMILES string of the molecule is O=c1ccc(C2CC2)nn1CC1CCCN1c1ccc2nccn2n1. The lowest BCUT2D eigenvalue weighted by Gasteiger charge is -2.25. The summed E-state index contributed by atoms with van der Waals surface area (Å²) in [4.78, 5) is 18.8. The van der Waals surface area contributed by atoms with Crippen molar-refractivity contribution in [3.8, 4) is 0 Å². The lowest BCUT2D eigenvalue weighted by Crippen LogP contribution is -2.37. The van der Waals surface area contributed by atoms with E-state index in [0.29, 0.717) is 12.5 Å². The average molecular weight is 336 g/mol. The molecule has 128 valence electrons. The molecule has 0 radical (unpaired) electrons. The molecule has 0 aromatic carbocycles. The van der Waals surface area contributed by atoms with Gasteiger partial charge in [-0.05, 0) is 43.9 Å². The van der Waals surface area contributed by atoms with Crippen LogP contribution in [0.15, 0.2) is 41.5 Å². The zero-order valence-electron chi connectivity index (χ0n) is 14.0. The molecule has 7 nitrogen and oxygen atoms in total. The van der Waals surface area contributed by atoms with Gasteiger partial charge in [0, 0.05) is 30.9 Å². The van der Waals surface area contributed by atoms with Crippen molar-refractivity contribution < 1.29 is 0 Å². The molecule has 4 heterocycles. The van der Waals surface area contributed by atoms with Crippen molar-refractivity contribution in [3.63, 3.8) is 0 Å². The molecule has 7 heteroatoms. The Balaban J connectivity index is 1.43. The summed E-state index contributed by atoms with van der Waals surface area (Å²) in [7, 11) is 0. The van der Waals surface area contributed by atoms with Crippen molar-refractivity contribution in [2.75, 3.05) is 11.4 Å². The van der Waals surface area contributed by atoms with Crippen molar-refractivity contribution in [2.24, 2.45) is 0 Å². The van der Waals surface area contributed by atoms with Gasteiger partial charge in [-0.2, -0.15) is 5.10 Å². The van der Waals surface area contributed by atoms with Crippen LogP contribution >= 0.6 is 0 Å². The van der Waals surface area contributed by atoms with Gasteiger partial charge in [-0.25, -0.2) is 14.2 Å². The molecule has 0 amide bonds. The van der Waals surface area contributed by atoms with E-state index in [1.807, 2.05) is 24.4 Å².